The third kappa shape index (κ3) is 3.74. The summed E-state index contributed by atoms with van der Waals surface area (Å²) in [6, 6.07) is 14.1. The van der Waals surface area contributed by atoms with E-state index in [1.54, 1.807) is 42.5 Å². The van der Waals surface area contributed by atoms with E-state index in [1.807, 2.05) is 19.9 Å². The van der Waals surface area contributed by atoms with Crippen molar-refractivity contribution in [1.29, 1.82) is 5.26 Å². The zero-order valence-electron chi connectivity index (χ0n) is 17.6. The summed E-state index contributed by atoms with van der Waals surface area (Å²) in [7, 11) is -3.78. The van der Waals surface area contributed by atoms with Crippen LogP contribution >= 0.6 is 0 Å². The highest BCUT2D eigenvalue weighted by molar-refractivity contribution is 7.90. The maximum Gasteiger partial charge on any atom is 0.268 e. The molecule has 8 nitrogen and oxygen atoms in total. The minimum absolute atomic E-state index is 0.0126. The van der Waals surface area contributed by atoms with E-state index < -0.39 is 22.0 Å². The van der Waals surface area contributed by atoms with Crippen LogP contribution in [0.1, 0.15) is 29.3 Å². The number of rotatable bonds is 5. The highest BCUT2D eigenvalue weighted by Gasteiger charge is 2.37. The highest BCUT2D eigenvalue weighted by Crippen LogP contribution is 2.24. The fourth-order valence-electron chi connectivity index (χ4n) is 3.95. The molecule has 0 spiro atoms. The zero-order valence-corrected chi connectivity index (χ0v) is 18.5. The molecule has 1 fully saturated rings. The summed E-state index contributed by atoms with van der Waals surface area (Å²) in [5, 5.41) is 12.2. The van der Waals surface area contributed by atoms with Gasteiger partial charge < -0.3 is 10.2 Å². The lowest BCUT2D eigenvalue weighted by Gasteiger charge is -2.17. The maximum atomic E-state index is 13.0. The molecule has 1 aromatic heterocycles. The van der Waals surface area contributed by atoms with Crippen molar-refractivity contribution in [2.45, 2.75) is 37.2 Å². The molecule has 32 heavy (non-hydrogen) atoms. The van der Waals surface area contributed by atoms with Gasteiger partial charge in [-0.15, -0.1) is 0 Å². The van der Waals surface area contributed by atoms with Crippen LogP contribution in [-0.4, -0.2) is 47.7 Å². The van der Waals surface area contributed by atoms with Crippen molar-refractivity contribution in [3.8, 4) is 6.07 Å². The largest absolute Gasteiger partial charge is 0.340 e. The number of hydrogen-bond acceptors (Lipinski definition) is 5. The Kier molecular flexibility index (Phi) is 5.48. The van der Waals surface area contributed by atoms with Crippen molar-refractivity contribution in [2.75, 3.05) is 6.54 Å². The van der Waals surface area contributed by atoms with Crippen molar-refractivity contribution >= 4 is 32.7 Å². The second-order valence-corrected chi connectivity index (χ2v) is 9.75. The first-order chi connectivity index (χ1) is 15.2. The number of aromatic nitrogens is 1. The van der Waals surface area contributed by atoms with Crippen LogP contribution in [0.4, 0.5) is 0 Å². The maximum absolute atomic E-state index is 13.0. The Labute approximate surface area is 186 Å². The van der Waals surface area contributed by atoms with Crippen LogP contribution in [0.5, 0.6) is 0 Å². The molecule has 2 unspecified atom stereocenters. The summed E-state index contributed by atoms with van der Waals surface area (Å²) >= 11 is 0. The second-order valence-electron chi connectivity index (χ2n) is 7.94. The van der Waals surface area contributed by atoms with Gasteiger partial charge in [-0.3, -0.25) is 9.59 Å². The quantitative estimate of drug-likeness (QED) is 0.600. The van der Waals surface area contributed by atoms with E-state index in [0.717, 1.165) is 5.56 Å². The van der Waals surface area contributed by atoms with E-state index in [1.165, 1.54) is 21.1 Å². The number of fused-ring (bicyclic) bond motifs is 1. The second kappa shape index (κ2) is 8.13. The van der Waals surface area contributed by atoms with E-state index in [2.05, 4.69) is 5.32 Å². The summed E-state index contributed by atoms with van der Waals surface area (Å²) in [6.45, 7) is 3.71. The molecular formula is C23H22N4O4S. The van der Waals surface area contributed by atoms with Crippen molar-refractivity contribution < 1.29 is 18.0 Å². The monoisotopic (exact) mass is 450 g/mol. The van der Waals surface area contributed by atoms with Crippen molar-refractivity contribution in [3.63, 3.8) is 0 Å². The van der Waals surface area contributed by atoms with Crippen molar-refractivity contribution in [1.82, 2.24) is 14.2 Å². The van der Waals surface area contributed by atoms with Crippen LogP contribution in [0, 0.1) is 18.3 Å². The van der Waals surface area contributed by atoms with Gasteiger partial charge in [0, 0.05) is 23.2 Å². The van der Waals surface area contributed by atoms with Crippen molar-refractivity contribution in [3.05, 3.63) is 65.9 Å². The molecule has 2 aromatic carbocycles. The Balaban J connectivity index is 1.58. The molecule has 2 heterocycles. The summed E-state index contributed by atoms with van der Waals surface area (Å²) in [5.74, 6) is -0.700. The zero-order chi connectivity index (χ0) is 23.0. The Hall–Kier alpha value is -3.64. The molecule has 1 aliphatic rings. The summed E-state index contributed by atoms with van der Waals surface area (Å²) in [4.78, 5) is 26.8. The Morgan fingerprint density at radius 2 is 1.91 bits per heavy atom. The molecule has 0 saturated carbocycles. The molecule has 0 bridgehead atoms. The average Bonchev–Trinajstić information content (AvgIpc) is 3.31. The molecular weight excluding hydrogens is 428 g/mol. The van der Waals surface area contributed by atoms with Gasteiger partial charge in [-0.1, -0.05) is 17.7 Å². The Morgan fingerprint density at radius 3 is 2.59 bits per heavy atom. The lowest BCUT2D eigenvalue weighted by Crippen LogP contribution is -2.41. The number of carbonyl (C=O) groups is 2. The van der Waals surface area contributed by atoms with Gasteiger partial charge >= 0.3 is 0 Å². The van der Waals surface area contributed by atoms with Gasteiger partial charge in [0.25, 0.3) is 15.9 Å². The molecule has 1 N–H and O–H groups in total. The van der Waals surface area contributed by atoms with Crippen LogP contribution in [0.2, 0.25) is 0 Å². The minimum atomic E-state index is -3.78. The smallest absolute Gasteiger partial charge is 0.268 e. The van der Waals surface area contributed by atoms with Gasteiger partial charge in [-0.25, -0.2) is 12.4 Å². The molecule has 0 aliphatic carbocycles. The first kappa shape index (κ1) is 21.6. The molecule has 1 saturated heterocycles. The number of nitrogens with zero attached hydrogens (tertiary/aromatic N) is 3. The molecule has 164 valence electrons. The van der Waals surface area contributed by atoms with Crippen LogP contribution in [0.3, 0.4) is 0 Å². The molecule has 2 atom stereocenters. The van der Waals surface area contributed by atoms with E-state index in [-0.39, 0.29) is 23.4 Å². The van der Waals surface area contributed by atoms with E-state index >= 15 is 0 Å². The number of carbonyl (C=O) groups excluding carboxylic acids is 2. The number of nitrogens with one attached hydrogen (secondary N) is 1. The molecule has 4 rings (SSSR count). The summed E-state index contributed by atoms with van der Waals surface area (Å²) < 4.78 is 27.3. The molecule has 3 aromatic rings. The third-order valence-electron chi connectivity index (χ3n) is 5.73. The fourth-order valence-corrected chi connectivity index (χ4v) is 5.30. The van der Waals surface area contributed by atoms with Crippen molar-refractivity contribution in [2.24, 2.45) is 0 Å². The van der Waals surface area contributed by atoms with Gasteiger partial charge in [0.15, 0.2) is 0 Å². The number of hydrogen-bond donors (Lipinski definition) is 1. The van der Waals surface area contributed by atoms with E-state index in [9.17, 15) is 18.0 Å². The lowest BCUT2D eigenvalue weighted by molar-refractivity contribution is -0.129. The average molecular weight is 451 g/mol. The number of nitriles is 1. The molecule has 1 aliphatic heterocycles. The Bertz CT molecular complexity index is 1350. The van der Waals surface area contributed by atoms with Gasteiger partial charge in [-0.05, 0) is 56.7 Å². The SMILES string of the molecule is Cc1ccc(S(=O)(=O)n2ccc3cc(C(=O)NC4CC(C)N(CC#N)C4=O)ccc32)cc1. The summed E-state index contributed by atoms with van der Waals surface area (Å²) in [6.07, 6.45) is 1.89. The highest BCUT2D eigenvalue weighted by atomic mass is 32.2. The topological polar surface area (TPSA) is 112 Å². The lowest BCUT2D eigenvalue weighted by atomic mass is 10.1. The third-order valence-corrected chi connectivity index (χ3v) is 7.44. The first-order valence-electron chi connectivity index (χ1n) is 10.1. The number of amides is 2. The molecule has 9 heteroatoms. The number of aryl methyl sites for hydroxylation is 1. The van der Waals surface area contributed by atoms with Gasteiger partial charge in [0.1, 0.15) is 12.6 Å². The van der Waals surface area contributed by atoms with Crippen LogP contribution < -0.4 is 5.32 Å². The number of benzene rings is 2. The fraction of sp³-hybridized carbons (Fsp3) is 0.261. The normalized spacial score (nSPS) is 18.7. The van der Waals surface area contributed by atoms with E-state index in [4.69, 9.17) is 5.26 Å². The van der Waals surface area contributed by atoms with E-state index in [0.29, 0.717) is 22.9 Å². The first-order valence-corrected chi connectivity index (χ1v) is 11.6. The number of likely N-dealkylation sites (tertiary alicyclic amines) is 1. The van der Waals surface area contributed by atoms with Crippen LogP contribution in [0.15, 0.2) is 59.6 Å². The predicted octanol–water partition coefficient (Wildman–Crippen LogP) is 2.43. The standard InChI is InChI=1S/C23H22N4O4S/c1-15-3-6-19(7-4-15)32(30,31)27-11-9-17-14-18(5-8-21(17)27)22(28)25-20-13-16(2)26(12-10-24)23(20)29/h3-9,11,14,16,20H,12-13H2,1-2H3,(H,25,28). The predicted molar refractivity (Wildman–Crippen MR) is 118 cm³/mol. The van der Waals surface area contributed by atoms with Crippen LogP contribution in [-0.2, 0) is 14.8 Å². The van der Waals surface area contributed by atoms with Crippen LogP contribution in [0.25, 0.3) is 10.9 Å². The molecule has 0 radical (unpaired) electrons. The van der Waals surface area contributed by atoms with Gasteiger partial charge in [-0.2, -0.15) is 5.26 Å². The van der Waals surface area contributed by atoms with Gasteiger partial charge in [0.2, 0.25) is 5.91 Å². The molecule has 2 amide bonds. The summed E-state index contributed by atoms with van der Waals surface area (Å²) in [5.41, 5.74) is 1.73. The Morgan fingerprint density at radius 1 is 1.19 bits per heavy atom. The minimum Gasteiger partial charge on any atom is -0.340 e. The van der Waals surface area contributed by atoms with Gasteiger partial charge in [0.05, 0.1) is 16.5 Å².